The van der Waals surface area contributed by atoms with Crippen LogP contribution in [0.3, 0.4) is 0 Å². The lowest BCUT2D eigenvalue weighted by Crippen LogP contribution is -2.12. The molecule has 0 aliphatic heterocycles. The molecule has 1 aromatic carbocycles. The van der Waals surface area contributed by atoms with Gasteiger partial charge in [-0.3, -0.25) is 0 Å². The summed E-state index contributed by atoms with van der Waals surface area (Å²) in [6.45, 7) is 1.71. The predicted octanol–water partition coefficient (Wildman–Crippen LogP) is 3.24. The third-order valence-corrected chi connectivity index (χ3v) is 3.49. The Kier molecular flexibility index (Phi) is 3.67. The number of hydrogen-bond donors (Lipinski definition) is 1. The van der Waals surface area contributed by atoms with Gasteiger partial charge < -0.3 is 5.32 Å². The number of benzene rings is 1. The van der Waals surface area contributed by atoms with Crippen LogP contribution in [0.25, 0.3) is 11.0 Å². The molecule has 2 aromatic heterocycles. The summed E-state index contributed by atoms with van der Waals surface area (Å²) < 4.78 is 40.8. The van der Waals surface area contributed by atoms with E-state index in [0.717, 1.165) is 6.07 Å². The average Bonchev–Trinajstić information content (AvgIpc) is 2.89. The lowest BCUT2D eigenvalue weighted by Gasteiger charge is -2.13. The first-order valence-electron chi connectivity index (χ1n) is 6.93. The normalized spacial score (nSPS) is 11.9. The third-order valence-electron chi connectivity index (χ3n) is 3.49. The molecule has 0 saturated heterocycles. The van der Waals surface area contributed by atoms with E-state index in [1.165, 1.54) is 16.8 Å². The van der Waals surface area contributed by atoms with Gasteiger partial charge >= 0.3 is 6.18 Å². The highest BCUT2D eigenvalue weighted by Gasteiger charge is 2.33. The summed E-state index contributed by atoms with van der Waals surface area (Å²) in [5.74, 6) is 1.12. The van der Waals surface area contributed by atoms with Crippen molar-refractivity contribution in [1.82, 2.24) is 19.7 Å². The fraction of sp³-hybridized carbons (Fsp3) is 0.267. The summed E-state index contributed by atoms with van der Waals surface area (Å²) in [5, 5.41) is 7.78. The molecule has 3 aromatic rings. The molecule has 0 aliphatic rings. The summed E-state index contributed by atoms with van der Waals surface area (Å²) in [6, 6.07) is 5.47. The molecule has 8 heteroatoms. The Bertz CT molecular complexity index is 854. The zero-order chi connectivity index (χ0) is 16.6. The Balaban J connectivity index is 2.09. The van der Waals surface area contributed by atoms with E-state index in [2.05, 4.69) is 20.4 Å². The highest BCUT2D eigenvalue weighted by atomic mass is 19.4. The standard InChI is InChI=1S/C15H14F3N5/c1-9-21-13(19-2)11-7-20-23(14(11)22-9)8-10-5-3-4-6-12(10)15(16,17)18/h3-7H,8H2,1-2H3,(H,19,21,22). The van der Waals surface area contributed by atoms with Crippen LogP contribution in [0.4, 0.5) is 19.0 Å². The van der Waals surface area contributed by atoms with E-state index in [-0.39, 0.29) is 12.1 Å². The number of anilines is 1. The maximum Gasteiger partial charge on any atom is 0.416 e. The van der Waals surface area contributed by atoms with E-state index >= 15 is 0 Å². The largest absolute Gasteiger partial charge is 0.416 e. The van der Waals surface area contributed by atoms with E-state index in [4.69, 9.17) is 0 Å². The van der Waals surface area contributed by atoms with Crippen LogP contribution in [0.1, 0.15) is 17.0 Å². The molecule has 2 heterocycles. The molecule has 0 spiro atoms. The maximum absolute atomic E-state index is 13.1. The summed E-state index contributed by atoms with van der Waals surface area (Å²) >= 11 is 0. The monoisotopic (exact) mass is 321 g/mol. The van der Waals surface area contributed by atoms with Gasteiger partial charge in [-0.2, -0.15) is 18.3 Å². The van der Waals surface area contributed by atoms with Crippen LogP contribution in [0, 0.1) is 6.92 Å². The first-order valence-corrected chi connectivity index (χ1v) is 6.93. The molecular weight excluding hydrogens is 307 g/mol. The molecule has 0 saturated carbocycles. The summed E-state index contributed by atoms with van der Waals surface area (Å²) in [6.07, 6.45) is -2.85. The van der Waals surface area contributed by atoms with Crippen molar-refractivity contribution in [3.8, 4) is 0 Å². The van der Waals surface area contributed by atoms with Gasteiger partial charge in [0.05, 0.1) is 23.7 Å². The first kappa shape index (κ1) is 15.3. The van der Waals surface area contributed by atoms with Gasteiger partial charge in [-0.15, -0.1) is 0 Å². The Morgan fingerprint density at radius 3 is 2.61 bits per heavy atom. The Hall–Kier alpha value is -2.64. The number of aromatic nitrogens is 4. The SMILES string of the molecule is CNc1nc(C)nc2c1cnn2Cc1ccccc1C(F)(F)F. The van der Waals surface area contributed by atoms with Crippen molar-refractivity contribution in [3.05, 3.63) is 47.4 Å². The molecule has 3 rings (SSSR count). The van der Waals surface area contributed by atoms with Gasteiger partial charge in [0.25, 0.3) is 0 Å². The van der Waals surface area contributed by atoms with Gasteiger partial charge in [0.1, 0.15) is 11.6 Å². The zero-order valence-corrected chi connectivity index (χ0v) is 12.5. The minimum Gasteiger partial charge on any atom is -0.372 e. The van der Waals surface area contributed by atoms with Gasteiger partial charge in [-0.1, -0.05) is 18.2 Å². The molecule has 1 N–H and O–H groups in total. The molecule has 0 fully saturated rings. The number of alkyl halides is 3. The number of halogens is 3. The summed E-state index contributed by atoms with van der Waals surface area (Å²) in [7, 11) is 1.72. The lowest BCUT2D eigenvalue weighted by atomic mass is 10.1. The number of nitrogens with one attached hydrogen (secondary N) is 1. The van der Waals surface area contributed by atoms with Crippen molar-refractivity contribution < 1.29 is 13.2 Å². The predicted molar refractivity (Wildman–Crippen MR) is 80.2 cm³/mol. The topological polar surface area (TPSA) is 55.6 Å². The Morgan fingerprint density at radius 1 is 1.17 bits per heavy atom. The second-order valence-corrected chi connectivity index (χ2v) is 5.06. The Labute approximate surface area is 130 Å². The molecule has 0 amide bonds. The van der Waals surface area contributed by atoms with Crippen LogP contribution in [-0.4, -0.2) is 26.8 Å². The van der Waals surface area contributed by atoms with Crippen LogP contribution in [0.15, 0.2) is 30.5 Å². The highest BCUT2D eigenvalue weighted by molar-refractivity contribution is 5.86. The van der Waals surface area contributed by atoms with E-state index in [1.54, 1.807) is 26.2 Å². The number of hydrogen-bond acceptors (Lipinski definition) is 4. The van der Waals surface area contributed by atoms with Crippen molar-refractivity contribution in [2.75, 3.05) is 12.4 Å². The Morgan fingerprint density at radius 2 is 1.91 bits per heavy atom. The second-order valence-electron chi connectivity index (χ2n) is 5.06. The average molecular weight is 321 g/mol. The number of nitrogens with zero attached hydrogens (tertiary/aromatic N) is 4. The smallest absolute Gasteiger partial charge is 0.372 e. The van der Waals surface area contributed by atoms with Crippen molar-refractivity contribution >= 4 is 16.9 Å². The molecule has 0 radical (unpaired) electrons. The van der Waals surface area contributed by atoms with Crippen LogP contribution >= 0.6 is 0 Å². The quantitative estimate of drug-likeness (QED) is 0.804. The van der Waals surface area contributed by atoms with Gasteiger partial charge in [-0.25, -0.2) is 14.6 Å². The number of fused-ring (bicyclic) bond motifs is 1. The number of aryl methyl sites for hydroxylation is 1. The van der Waals surface area contributed by atoms with Crippen LogP contribution < -0.4 is 5.32 Å². The van der Waals surface area contributed by atoms with Crippen molar-refractivity contribution in [3.63, 3.8) is 0 Å². The molecule has 23 heavy (non-hydrogen) atoms. The molecular formula is C15H14F3N5. The zero-order valence-electron chi connectivity index (χ0n) is 12.5. The van der Waals surface area contributed by atoms with Gasteiger partial charge in [-0.05, 0) is 18.6 Å². The molecule has 5 nitrogen and oxygen atoms in total. The highest BCUT2D eigenvalue weighted by Crippen LogP contribution is 2.32. The van der Waals surface area contributed by atoms with E-state index in [9.17, 15) is 13.2 Å². The maximum atomic E-state index is 13.1. The van der Waals surface area contributed by atoms with Crippen LogP contribution in [0.2, 0.25) is 0 Å². The lowest BCUT2D eigenvalue weighted by molar-refractivity contribution is -0.138. The third kappa shape index (κ3) is 2.84. The van der Waals surface area contributed by atoms with Crippen molar-refractivity contribution in [2.45, 2.75) is 19.6 Å². The fourth-order valence-electron chi connectivity index (χ4n) is 2.47. The molecule has 120 valence electrons. The van der Waals surface area contributed by atoms with E-state index in [0.29, 0.717) is 22.7 Å². The molecule has 0 atom stereocenters. The summed E-state index contributed by atoms with van der Waals surface area (Å²) in [5.41, 5.74) is -0.0191. The van der Waals surface area contributed by atoms with Gasteiger partial charge in [0.2, 0.25) is 0 Å². The first-order chi connectivity index (χ1) is 10.9. The molecule has 0 bridgehead atoms. The van der Waals surface area contributed by atoms with E-state index in [1.807, 2.05) is 0 Å². The van der Waals surface area contributed by atoms with Gasteiger partial charge in [0, 0.05) is 7.05 Å². The molecule has 0 unspecified atom stereocenters. The summed E-state index contributed by atoms with van der Waals surface area (Å²) in [4.78, 5) is 8.54. The van der Waals surface area contributed by atoms with Gasteiger partial charge in [0.15, 0.2) is 5.65 Å². The molecule has 0 aliphatic carbocycles. The van der Waals surface area contributed by atoms with Crippen LogP contribution in [-0.2, 0) is 12.7 Å². The van der Waals surface area contributed by atoms with Crippen molar-refractivity contribution in [2.24, 2.45) is 0 Å². The fourth-order valence-corrected chi connectivity index (χ4v) is 2.47. The van der Waals surface area contributed by atoms with E-state index < -0.39 is 11.7 Å². The van der Waals surface area contributed by atoms with Crippen molar-refractivity contribution in [1.29, 1.82) is 0 Å². The number of rotatable bonds is 3. The minimum absolute atomic E-state index is 0.0151. The second kappa shape index (κ2) is 5.53. The van der Waals surface area contributed by atoms with Crippen LogP contribution in [0.5, 0.6) is 0 Å². The minimum atomic E-state index is -4.40.